The van der Waals surface area contributed by atoms with Crippen LogP contribution in [0.25, 0.3) is 0 Å². The Kier molecular flexibility index (Phi) is 5.67. The standard InChI is InChI=1S/C15H16N2O4S/c1-20-15(19)13-9-17(6-7-22-13)14(18)10-21-12-5-3-2-4-11(12)8-16/h2-5,13H,6-7,9-10H2,1H3/t13-/m1/s1. The van der Waals surface area contributed by atoms with Gasteiger partial charge in [-0.25, -0.2) is 0 Å². The third-order valence-electron chi connectivity index (χ3n) is 3.24. The summed E-state index contributed by atoms with van der Waals surface area (Å²) in [6.07, 6.45) is 0. The summed E-state index contributed by atoms with van der Waals surface area (Å²) in [5.74, 6) is 0.537. The van der Waals surface area contributed by atoms with Crippen molar-refractivity contribution in [1.29, 1.82) is 5.26 Å². The molecule has 0 bridgehead atoms. The van der Waals surface area contributed by atoms with E-state index in [0.29, 0.717) is 30.2 Å². The van der Waals surface area contributed by atoms with Gasteiger partial charge in [0, 0.05) is 18.8 Å². The highest BCUT2D eigenvalue weighted by Crippen LogP contribution is 2.21. The zero-order valence-electron chi connectivity index (χ0n) is 12.2. The van der Waals surface area contributed by atoms with Crippen LogP contribution in [0.1, 0.15) is 5.56 Å². The lowest BCUT2D eigenvalue weighted by Gasteiger charge is -2.30. The zero-order chi connectivity index (χ0) is 15.9. The van der Waals surface area contributed by atoms with E-state index in [0.717, 1.165) is 0 Å². The van der Waals surface area contributed by atoms with Crippen molar-refractivity contribution in [3.8, 4) is 11.8 Å². The molecule has 22 heavy (non-hydrogen) atoms. The van der Waals surface area contributed by atoms with Crippen molar-refractivity contribution in [2.45, 2.75) is 5.25 Å². The summed E-state index contributed by atoms with van der Waals surface area (Å²) < 4.78 is 10.1. The summed E-state index contributed by atoms with van der Waals surface area (Å²) >= 11 is 1.49. The van der Waals surface area contributed by atoms with Gasteiger partial charge in [0.25, 0.3) is 5.91 Å². The molecule has 2 rings (SSSR count). The minimum Gasteiger partial charge on any atom is -0.482 e. The van der Waals surface area contributed by atoms with Crippen LogP contribution in [0, 0.1) is 11.3 Å². The number of benzene rings is 1. The first kappa shape index (κ1) is 16.2. The van der Waals surface area contributed by atoms with Gasteiger partial charge in [-0.05, 0) is 12.1 Å². The molecule has 1 aromatic rings. The first-order valence-electron chi connectivity index (χ1n) is 6.75. The highest BCUT2D eigenvalue weighted by Gasteiger charge is 2.29. The SMILES string of the molecule is COC(=O)[C@H]1CN(C(=O)COc2ccccc2C#N)CCS1. The molecule has 1 saturated heterocycles. The number of amides is 1. The number of hydrogen-bond donors (Lipinski definition) is 0. The monoisotopic (exact) mass is 320 g/mol. The first-order valence-corrected chi connectivity index (χ1v) is 7.79. The molecule has 0 aliphatic carbocycles. The fourth-order valence-electron chi connectivity index (χ4n) is 2.07. The average molecular weight is 320 g/mol. The smallest absolute Gasteiger partial charge is 0.320 e. The Labute approximate surface area is 133 Å². The van der Waals surface area contributed by atoms with Crippen LogP contribution in [-0.2, 0) is 14.3 Å². The molecule has 0 saturated carbocycles. The molecule has 1 amide bonds. The number of thioether (sulfide) groups is 1. The molecule has 0 unspecified atom stereocenters. The van der Waals surface area contributed by atoms with Gasteiger partial charge in [-0.15, -0.1) is 11.8 Å². The Bertz CT molecular complexity index is 599. The summed E-state index contributed by atoms with van der Waals surface area (Å²) in [6.45, 7) is 0.733. The zero-order valence-corrected chi connectivity index (χ0v) is 13.0. The number of para-hydroxylation sites is 1. The third kappa shape index (κ3) is 3.92. The normalized spacial score (nSPS) is 17.5. The van der Waals surface area contributed by atoms with Crippen molar-refractivity contribution in [1.82, 2.24) is 4.90 Å². The van der Waals surface area contributed by atoms with Gasteiger partial charge < -0.3 is 14.4 Å². The first-order chi connectivity index (χ1) is 10.7. The number of nitriles is 1. The number of ether oxygens (including phenoxy) is 2. The number of rotatable bonds is 4. The number of nitrogens with zero attached hydrogens (tertiary/aromatic N) is 2. The van der Waals surface area contributed by atoms with Crippen LogP contribution in [0.5, 0.6) is 5.75 Å². The summed E-state index contributed by atoms with van der Waals surface area (Å²) in [4.78, 5) is 25.3. The maximum atomic E-state index is 12.2. The Hall–Kier alpha value is -2.20. The Morgan fingerprint density at radius 2 is 2.23 bits per heavy atom. The van der Waals surface area contributed by atoms with E-state index in [1.165, 1.54) is 18.9 Å². The second kappa shape index (κ2) is 7.71. The fourth-order valence-corrected chi connectivity index (χ4v) is 3.19. The van der Waals surface area contributed by atoms with Crippen LogP contribution in [0.15, 0.2) is 24.3 Å². The Morgan fingerprint density at radius 3 is 2.95 bits per heavy atom. The van der Waals surface area contributed by atoms with Gasteiger partial charge in [-0.1, -0.05) is 12.1 Å². The number of hydrogen-bond acceptors (Lipinski definition) is 6. The molecule has 0 aromatic heterocycles. The molecule has 1 aliphatic heterocycles. The van der Waals surface area contributed by atoms with Crippen LogP contribution in [0.3, 0.4) is 0 Å². The topological polar surface area (TPSA) is 79.6 Å². The van der Waals surface area contributed by atoms with Crippen LogP contribution in [-0.4, -0.2) is 54.6 Å². The van der Waals surface area contributed by atoms with Crippen LogP contribution >= 0.6 is 11.8 Å². The van der Waals surface area contributed by atoms with E-state index in [9.17, 15) is 9.59 Å². The molecular weight excluding hydrogens is 304 g/mol. The largest absolute Gasteiger partial charge is 0.482 e. The van der Waals surface area contributed by atoms with Gasteiger partial charge in [0.15, 0.2) is 6.61 Å². The lowest BCUT2D eigenvalue weighted by molar-refractivity contribution is -0.141. The van der Waals surface area contributed by atoms with E-state index in [-0.39, 0.29) is 23.7 Å². The summed E-state index contributed by atoms with van der Waals surface area (Å²) in [5.41, 5.74) is 0.386. The van der Waals surface area contributed by atoms with Gasteiger partial charge in [-0.3, -0.25) is 9.59 Å². The minimum atomic E-state index is -0.353. The van der Waals surface area contributed by atoms with Gasteiger partial charge in [0.1, 0.15) is 17.1 Å². The molecule has 1 atom stereocenters. The molecule has 7 heteroatoms. The van der Waals surface area contributed by atoms with Gasteiger partial charge in [0.05, 0.1) is 12.7 Å². The second-order valence-corrected chi connectivity index (χ2v) is 5.93. The van der Waals surface area contributed by atoms with Crippen molar-refractivity contribution in [3.05, 3.63) is 29.8 Å². The minimum absolute atomic E-state index is 0.156. The van der Waals surface area contributed by atoms with Crippen LogP contribution < -0.4 is 4.74 Å². The summed E-state index contributed by atoms with van der Waals surface area (Å²) in [6, 6.07) is 8.77. The third-order valence-corrected chi connectivity index (χ3v) is 4.40. The maximum absolute atomic E-state index is 12.2. The molecule has 1 heterocycles. The highest BCUT2D eigenvalue weighted by atomic mass is 32.2. The molecule has 0 radical (unpaired) electrons. The lowest BCUT2D eigenvalue weighted by atomic mass is 10.2. The van der Waals surface area contributed by atoms with Gasteiger partial charge in [-0.2, -0.15) is 5.26 Å². The van der Waals surface area contributed by atoms with Crippen molar-refractivity contribution in [3.63, 3.8) is 0 Å². The van der Waals surface area contributed by atoms with E-state index >= 15 is 0 Å². The molecule has 0 spiro atoms. The fraction of sp³-hybridized carbons (Fsp3) is 0.400. The van der Waals surface area contributed by atoms with Crippen molar-refractivity contribution in [2.24, 2.45) is 0 Å². The Balaban J connectivity index is 1.92. The van der Waals surface area contributed by atoms with Crippen molar-refractivity contribution < 1.29 is 19.1 Å². The van der Waals surface area contributed by atoms with E-state index in [1.54, 1.807) is 29.2 Å². The molecular formula is C15H16N2O4S. The predicted molar refractivity (Wildman–Crippen MR) is 81.5 cm³/mol. The van der Waals surface area contributed by atoms with Gasteiger partial charge in [0.2, 0.25) is 0 Å². The second-order valence-electron chi connectivity index (χ2n) is 4.62. The van der Waals surface area contributed by atoms with E-state index < -0.39 is 0 Å². The molecule has 1 aliphatic rings. The predicted octanol–water partition coefficient (Wildman–Crippen LogP) is 1.05. The maximum Gasteiger partial charge on any atom is 0.320 e. The summed E-state index contributed by atoms with van der Waals surface area (Å²) in [5, 5.41) is 8.62. The molecule has 0 N–H and O–H groups in total. The van der Waals surface area contributed by atoms with E-state index in [1.807, 2.05) is 6.07 Å². The average Bonchev–Trinajstić information content (AvgIpc) is 2.59. The summed E-state index contributed by atoms with van der Waals surface area (Å²) in [7, 11) is 1.34. The highest BCUT2D eigenvalue weighted by molar-refractivity contribution is 8.00. The number of esters is 1. The van der Waals surface area contributed by atoms with Gasteiger partial charge >= 0.3 is 5.97 Å². The number of carbonyl (C=O) groups is 2. The molecule has 116 valence electrons. The molecule has 6 nitrogen and oxygen atoms in total. The Morgan fingerprint density at radius 1 is 1.45 bits per heavy atom. The number of methoxy groups -OCH3 is 1. The quantitative estimate of drug-likeness (QED) is 0.772. The van der Waals surface area contributed by atoms with Crippen LogP contribution in [0.4, 0.5) is 0 Å². The van der Waals surface area contributed by atoms with Crippen molar-refractivity contribution in [2.75, 3.05) is 32.6 Å². The van der Waals surface area contributed by atoms with E-state index in [4.69, 9.17) is 14.7 Å². The lowest BCUT2D eigenvalue weighted by Crippen LogP contribution is -2.46. The number of carbonyl (C=O) groups excluding carboxylic acids is 2. The van der Waals surface area contributed by atoms with E-state index in [2.05, 4.69) is 0 Å². The molecule has 1 fully saturated rings. The van der Waals surface area contributed by atoms with Crippen molar-refractivity contribution >= 4 is 23.6 Å². The molecule has 1 aromatic carbocycles. The van der Waals surface area contributed by atoms with Crippen LogP contribution in [0.2, 0.25) is 0 Å².